The Labute approximate surface area is 257 Å². The van der Waals surface area contributed by atoms with Gasteiger partial charge in [0.2, 0.25) is 0 Å². The minimum atomic E-state index is -0.964. The third-order valence-corrected chi connectivity index (χ3v) is 17.4. The molecule has 5 heteroatoms. The van der Waals surface area contributed by atoms with Crippen LogP contribution in [0.15, 0.2) is 36.7 Å². The first kappa shape index (κ1) is 37.6. The summed E-state index contributed by atoms with van der Waals surface area (Å²) >= 11 is 0. The van der Waals surface area contributed by atoms with E-state index < -0.39 is 16.1 Å². The number of hydrogen-bond acceptors (Lipinski definition) is 3. The number of aromatic nitrogens is 2. The number of benzene rings is 1. The van der Waals surface area contributed by atoms with E-state index in [0.29, 0.717) is 0 Å². The van der Waals surface area contributed by atoms with E-state index >= 15 is 0 Å². The van der Waals surface area contributed by atoms with Crippen LogP contribution in [0.1, 0.15) is 116 Å². The molecule has 2 aromatic rings. The molecule has 0 aliphatic heterocycles. The highest BCUT2D eigenvalue weighted by Gasteiger charge is 2.27. The summed E-state index contributed by atoms with van der Waals surface area (Å²) in [6.07, 6.45) is 23.9. The fourth-order valence-corrected chi connectivity index (χ4v) is 19.3. The molecule has 41 heavy (non-hydrogen) atoms. The fraction of sp³-hybridized carbons (Fsp3) is 0.722. The van der Waals surface area contributed by atoms with E-state index in [-0.39, 0.29) is 0 Å². The van der Waals surface area contributed by atoms with Gasteiger partial charge in [-0.2, -0.15) is 0 Å². The van der Waals surface area contributed by atoms with Crippen molar-refractivity contribution in [2.75, 3.05) is 6.61 Å². The van der Waals surface area contributed by atoms with Gasteiger partial charge in [0.15, 0.2) is 5.82 Å². The average molecular weight is 599 g/mol. The van der Waals surface area contributed by atoms with E-state index in [1.165, 1.54) is 95.1 Å². The minimum Gasteiger partial charge on any atom is -0.494 e. The Hall–Kier alpha value is -1.47. The van der Waals surface area contributed by atoms with Crippen molar-refractivity contribution in [3.8, 4) is 17.1 Å². The largest absolute Gasteiger partial charge is 0.494 e. The maximum Gasteiger partial charge on any atom is 0.159 e. The van der Waals surface area contributed by atoms with Gasteiger partial charge in [0, 0.05) is 34.1 Å². The maximum atomic E-state index is 5.99. The van der Waals surface area contributed by atoms with E-state index in [1.54, 1.807) is 5.67 Å². The van der Waals surface area contributed by atoms with Gasteiger partial charge in [0.25, 0.3) is 0 Å². The molecular formula is C36H66N2OSi2. The standard InChI is InChI=1S/C34H60N2OSi2.C2H6/c1-7-8-9-10-11-12-15-18-21-31-28-35-34(36-29-31)32-22-24-33(25-23-32)37-26-19-16-13-14-17-20-27-39(5,6)30-38(2,3)4;1-2/h22-25,28-29H,7-21,26-27,30H2,1-6H3;1-2H3. The summed E-state index contributed by atoms with van der Waals surface area (Å²) in [6.45, 7) is 19.9. The summed E-state index contributed by atoms with van der Waals surface area (Å²) in [6, 6.07) is 9.79. The van der Waals surface area contributed by atoms with Gasteiger partial charge < -0.3 is 4.74 Å². The second-order valence-electron chi connectivity index (χ2n) is 13.8. The molecule has 234 valence electrons. The highest BCUT2D eigenvalue weighted by molar-refractivity contribution is 6.94. The summed E-state index contributed by atoms with van der Waals surface area (Å²) in [5.41, 5.74) is 3.88. The topological polar surface area (TPSA) is 35.0 Å². The molecule has 0 bridgehead atoms. The normalized spacial score (nSPS) is 11.7. The SMILES string of the molecule is CC.CCCCCCCCCCc1cnc(-c2ccc(OCCCCCCCC[Si](C)(C)C[Si](C)(C)C)cc2)nc1. The van der Waals surface area contributed by atoms with Crippen molar-refractivity contribution in [2.45, 2.75) is 162 Å². The van der Waals surface area contributed by atoms with Crippen LogP contribution in [0.3, 0.4) is 0 Å². The minimum absolute atomic E-state index is 0.799. The summed E-state index contributed by atoms with van der Waals surface area (Å²) in [7, 11) is -1.87. The van der Waals surface area contributed by atoms with Gasteiger partial charge >= 0.3 is 0 Å². The van der Waals surface area contributed by atoms with Crippen molar-refractivity contribution < 1.29 is 4.74 Å². The molecule has 0 aliphatic carbocycles. The van der Waals surface area contributed by atoms with Crippen molar-refractivity contribution in [2.24, 2.45) is 0 Å². The number of rotatable bonds is 22. The van der Waals surface area contributed by atoms with Crippen LogP contribution in [0.25, 0.3) is 11.4 Å². The number of unbranched alkanes of at least 4 members (excludes halogenated alkanes) is 12. The Morgan fingerprint density at radius 1 is 0.634 bits per heavy atom. The van der Waals surface area contributed by atoms with E-state index in [4.69, 9.17) is 4.74 Å². The van der Waals surface area contributed by atoms with Gasteiger partial charge in [-0.25, -0.2) is 9.97 Å². The van der Waals surface area contributed by atoms with E-state index in [9.17, 15) is 0 Å². The van der Waals surface area contributed by atoms with Crippen LogP contribution in [-0.4, -0.2) is 32.7 Å². The van der Waals surface area contributed by atoms with Crippen LogP contribution in [0.4, 0.5) is 0 Å². The van der Waals surface area contributed by atoms with Crippen molar-refractivity contribution in [1.82, 2.24) is 9.97 Å². The molecule has 0 N–H and O–H groups in total. The summed E-state index contributed by atoms with van der Waals surface area (Å²) in [5.74, 6) is 1.74. The van der Waals surface area contributed by atoms with Crippen LogP contribution in [0, 0.1) is 0 Å². The lowest BCUT2D eigenvalue weighted by Gasteiger charge is -2.29. The molecule has 0 amide bonds. The lowest BCUT2D eigenvalue weighted by Crippen LogP contribution is -2.37. The Balaban J connectivity index is 0.00000411. The number of aryl methyl sites for hydroxylation is 1. The zero-order valence-corrected chi connectivity index (χ0v) is 30.5. The van der Waals surface area contributed by atoms with Gasteiger partial charge in [-0.05, 0) is 49.1 Å². The molecule has 0 unspecified atom stereocenters. The maximum absolute atomic E-state index is 5.99. The van der Waals surface area contributed by atoms with Gasteiger partial charge in [-0.1, -0.05) is 142 Å². The Kier molecular flexibility index (Phi) is 20.3. The lowest BCUT2D eigenvalue weighted by molar-refractivity contribution is 0.304. The van der Waals surface area contributed by atoms with E-state index in [2.05, 4.69) is 73.9 Å². The van der Waals surface area contributed by atoms with Crippen LogP contribution >= 0.6 is 0 Å². The predicted octanol–water partition coefficient (Wildman–Crippen LogP) is 12.2. The number of nitrogens with zero attached hydrogens (tertiary/aromatic N) is 2. The third-order valence-electron chi connectivity index (χ3n) is 7.66. The second-order valence-corrected chi connectivity index (χ2v) is 25.1. The van der Waals surface area contributed by atoms with Gasteiger partial charge in [-0.3, -0.25) is 0 Å². The predicted molar refractivity (Wildman–Crippen MR) is 189 cm³/mol. The zero-order chi connectivity index (χ0) is 30.4. The van der Waals surface area contributed by atoms with Crippen molar-refractivity contribution >= 4 is 16.1 Å². The molecular weight excluding hydrogens is 533 g/mol. The molecule has 2 rings (SSSR count). The molecule has 0 saturated heterocycles. The molecule has 0 aliphatic rings. The quantitative estimate of drug-likeness (QED) is 0.0998. The van der Waals surface area contributed by atoms with Gasteiger partial charge in [0.1, 0.15) is 5.75 Å². The first-order valence-corrected chi connectivity index (χ1v) is 24.3. The molecule has 0 spiro atoms. The van der Waals surface area contributed by atoms with Crippen LogP contribution in [0.2, 0.25) is 44.4 Å². The number of ether oxygens (including phenoxy) is 1. The molecule has 0 saturated carbocycles. The highest BCUT2D eigenvalue weighted by Crippen LogP contribution is 2.26. The summed E-state index contributed by atoms with van der Waals surface area (Å²) in [5, 5.41) is 0. The summed E-state index contributed by atoms with van der Waals surface area (Å²) in [4.78, 5) is 9.25. The van der Waals surface area contributed by atoms with Crippen molar-refractivity contribution in [3.63, 3.8) is 0 Å². The van der Waals surface area contributed by atoms with Gasteiger partial charge in [0.05, 0.1) is 6.61 Å². The van der Waals surface area contributed by atoms with E-state index in [0.717, 1.165) is 36.6 Å². The molecule has 1 aromatic heterocycles. The molecule has 1 heterocycles. The zero-order valence-electron chi connectivity index (χ0n) is 28.5. The highest BCUT2D eigenvalue weighted by atomic mass is 28.4. The third kappa shape index (κ3) is 19.4. The monoisotopic (exact) mass is 598 g/mol. The van der Waals surface area contributed by atoms with Crippen LogP contribution in [0.5, 0.6) is 5.75 Å². The van der Waals surface area contributed by atoms with Crippen LogP contribution in [-0.2, 0) is 6.42 Å². The average Bonchev–Trinajstić information content (AvgIpc) is 2.94. The molecule has 3 nitrogen and oxygen atoms in total. The van der Waals surface area contributed by atoms with Crippen molar-refractivity contribution in [1.29, 1.82) is 0 Å². The Bertz CT molecular complexity index is 876. The number of hydrogen-bond donors (Lipinski definition) is 0. The smallest absolute Gasteiger partial charge is 0.159 e. The lowest BCUT2D eigenvalue weighted by atomic mass is 10.1. The molecule has 0 fully saturated rings. The van der Waals surface area contributed by atoms with Crippen LogP contribution < -0.4 is 4.74 Å². The van der Waals surface area contributed by atoms with Gasteiger partial charge in [-0.15, -0.1) is 0 Å². The second kappa shape index (κ2) is 22.1. The first-order valence-electron chi connectivity index (χ1n) is 17.2. The summed E-state index contributed by atoms with van der Waals surface area (Å²) < 4.78 is 5.99. The Morgan fingerprint density at radius 2 is 1.15 bits per heavy atom. The molecule has 0 atom stereocenters. The fourth-order valence-electron chi connectivity index (χ4n) is 5.92. The van der Waals surface area contributed by atoms with Crippen molar-refractivity contribution in [3.05, 3.63) is 42.2 Å². The van der Waals surface area contributed by atoms with E-state index in [1.807, 2.05) is 26.2 Å². The Morgan fingerprint density at radius 3 is 1.71 bits per heavy atom. The first-order chi connectivity index (χ1) is 19.7. The molecule has 0 radical (unpaired) electrons. The molecule has 1 aromatic carbocycles.